The summed E-state index contributed by atoms with van der Waals surface area (Å²) in [7, 11) is 5.56. The van der Waals surface area contributed by atoms with Crippen LogP contribution in [0.2, 0.25) is 0 Å². The highest BCUT2D eigenvalue weighted by Crippen LogP contribution is 2.13. The van der Waals surface area contributed by atoms with Crippen LogP contribution in [0.25, 0.3) is 0 Å². The monoisotopic (exact) mass is 266 g/mol. The molecule has 0 aliphatic heterocycles. The van der Waals surface area contributed by atoms with E-state index in [0.29, 0.717) is 6.04 Å². The molecule has 0 amide bonds. The predicted octanol–water partition coefficient (Wildman–Crippen LogP) is 1.75. The Bertz CT molecular complexity index is 352. The molecule has 1 unspecified atom stereocenters. The number of rotatable bonds is 9. The van der Waals surface area contributed by atoms with Crippen molar-refractivity contribution in [3.05, 3.63) is 29.8 Å². The van der Waals surface area contributed by atoms with Crippen LogP contribution in [-0.2, 0) is 11.3 Å². The van der Waals surface area contributed by atoms with E-state index in [-0.39, 0.29) is 0 Å². The molecule has 1 aromatic rings. The Morgan fingerprint density at radius 2 is 2.11 bits per heavy atom. The summed E-state index contributed by atoms with van der Waals surface area (Å²) in [5.74, 6) is 0.908. The average Bonchev–Trinajstić information content (AvgIpc) is 2.39. The number of ether oxygens (including phenoxy) is 2. The molecular formula is C15H26N2O2. The van der Waals surface area contributed by atoms with E-state index in [1.54, 1.807) is 14.2 Å². The zero-order valence-corrected chi connectivity index (χ0v) is 12.5. The summed E-state index contributed by atoms with van der Waals surface area (Å²) in [6, 6.07) is 8.56. The van der Waals surface area contributed by atoms with Gasteiger partial charge in [-0.2, -0.15) is 0 Å². The molecule has 0 heterocycles. The second-order valence-corrected chi connectivity index (χ2v) is 4.76. The minimum Gasteiger partial charge on any atom is -0.497 e. The van der Waals surface area contributed by atoms with Crippen LogP contribution < -0.4 is 10.1 Å². The quantitative estimate of drug-likeness (QED) is 0.738. The van der Waals surface area contributed by atoms with E-state index < -0.39 is 0 Å². The summed E-state index contributed by atoms with van der Waals surface area (Å²) in [4.78, 5) is 2.29. The van der Waals surface area contributed by atoms with Gasteiger partial charge in [0.2, 0.25) is 0 Å². The van der Waals surface area contributed by atoms with Crippen LogP contribution in [0.3, 0.4) is 0 Å². The van der Waals surface area contributed by atoms with E-state index in [1.807, 2.05) is 12.1 Å². The Morgan fingerprint density at radius 3 is 2.74 bits per heavy atom. The lowest BCUT2D eigenvalue weighted by Crippen LogP contribution is -2.42. The summed E-state index contributed by atoms with van der Waals surface area (Å²) in [6.45, 7) is 5.67. The van der Waals surface area contributed by atoms with Gasteiger partial charge < -0.3 is 19.7 Å². The number of hydrogen-bond donors (Lipinski definition) is 1. The minimum atomic E-state index is 0.366. The predicted molar refractivity (Wildman–Crippen MR) is 78.7 cm³/mol. The van der Waals surface area contributed by atoms with E-state index in [0.717, 1.165) is 32.0 Å². The van der Waals surface area contributed by atoms with Gasteiger partial charge >= 0.3 is 0 Å². The Kier molecular flexibility index (Phi) is 7.48. The molecule has 0 saturated carbocycles. The number of methoxy groups -OCH3 is 2. The van der Waals surface area contributed by atoms with Crippen LogP contribution in [0.15, 0.2) is 24.3 Å². The van der Waals surface area contributed by atoms with Crippen LogP contribution in [0.4, 0.5) is 0 Å². The maximum Gasteiger partial charge on any atom is 0.119 e. The van der Waals surface area contributed by atoms with E-state index >= 15 is 0 Å². The topological polar surface area (TPSA) is 33.7 Å². The fraction of sp³-hybridized carbons (Fsp3) is 0.600. The highest BCUT2D eigenvalue weighted by Gasteiger charge is 2.10. The summed E-state index contributed by atoms with van der Waals surface area (Å²) >= 11 is 0. The third kappa shape index (κ3) is 6.05. The lowest BCUT2D eigenvalue weighted by molar-refractivity contribution is 0.145. The molecule has 0 aliphatic carbocycles. The van der Waals surface area contributed by atoms with Gasteiger partial charge in [-0.15, -0.1) is 0 Å². The van der Waals surface area contributed by atoms with Crippen LogP contribution in [0.1, 0.15) is 12.5 Å². The van der Waals surface area contributed by atoms with Crippen molar-refractivity contribution in [2.24, 2.45) is 0 Å². The standard InChI is InChI=1S/C15H26N2O2/c1-5-16-14(12-18-3)11-17(2)10-13-7-6-8-15(9-13)19-4/h6-9,14,16H,5,10-12H2,1-4H3. The second-order valence-electron chi connectivity index (χ2n) is 4.76. The number of hydrogen-bond acceptors (Lipinski definition) is 4. The van der Waals surface area contributed by atoms with Gasteiger partial charge in [-0.05, 0) is 31.3 Å². The van der Waals surface area contributed by atoms with Crippen molar-refractivity contribution in [2.75, 3.05) is 41.0 Å². The van der Waals surface area contributed by atoms with Gasteiger partial charge in [-0.1, -0.05) is 19.1 Å². The summed E-state index contributed by atoms with van der Waals surface area (Å²) in [5.41, 5.74) is 1.26. The highest BCUT2D eigenvalue weighted by atomic mass is 16.5. The molecule has 0 fully saturated rings. The first kappa shape index (κ1) is 16.0. The molecule has 108 valence electrons. The summed E-state index contributed by atoms with van der Waals surface area (Å²) in [5, 5.41) is 3.43. The first-order valence-corrected chi connectivity index (χ1v) is 6.73. The molecule has 1 rings (SSSR count). The second kappa shape index (κ2) is 8.91. The van der Waals surface area contributed by atoms with Crippen LogP contribution in [-0.4, -0.2) is 51.9 Å². The van der Waals surface area contributed by atoms with Gasteiger partial charge in [-0.25, -0.2) is 0 Å². The Hall–Kier alpha value is -1.10. The van der Waals surface area contributed by atoms with Gasteiger partial charge in [0.05, 0.1) is 13.7 Å². The number of benzene rings is 1. The van der Waals surface area contributed by atoms with Gasteiger partial charge in [0.1, 0.15) is 5.75 Å². The third-order valence-corrected chi connectivity index (χ3v) is 2.98. The van der Waals surface area contributed by atoms with E-state index in [2.05, 4.69) is 36.3 Å². The van der Waals surface area contributed by atoms with Crippen LogP contribution in [0.5, 0.6) is 5.75 Å². The van der Waals surface area contributed by atoms with Crippen molar-refractivity contribution in [3.8, 4) is 5.75 Å². The van der Waals surface area contributed by atoms with Crippen LogP contribution >= 0.6 is 0 Å². The Morgan fingerprint density at radius 1 is 1.32 bits per heavy atom. The molecule has 0 radical (unpaired) electrons. The van der Waals surface area contributed by atoms with Gasteiger partial charge in [0, 0.05) is 26.2 Å². The van der Waals surface area contributed by atoms with Crippen molar-refractivity contribution in [1.82, 2.24) is 10.2 Å². The lowest BCUT2D eigenvalue weighted by atomic mass is 10.2. The summed E-state index contributed by atoms with van der Waals surface area (Å²) < 4.78 is 10.5. The molecule has 0 aromatic heterocycles. The molecule has 19 heavy (non-hydrogen) atoms. The molecule has 1 atom stereocenters. The van der Waals surface area contributed by atoms with Crippen LogP contribution in [0, 0.1) is 0 Å². The minimum absolute atomic E-state index is 0.366. The van der Waals surface area contributed by atoms with Crippen molar-refractivity contribution >= 4 is 0 Å². The lowest BCUT2D eigenvalue weighted by Gasteiger charge is -2.24. The smallest absolute Gasteiger partial charge is 0.119 e. The molecule has 0 saturated heterocycles. The molecule has 0 aliphatic rings. The van der Waals surface area contributed by atoms with Crippen molar-refractivity contribution in [2.45, 2.75) is 19.5 Å². The molecule has 1 aromatic carbocycles. The van der Waals surface area contributed by atoms with E-state index in [1.165, 1.54) is 5.56 Å². The fourth-order valence-electron chi connectivity index (χ4n) is 2.19. The molecular weight excluding hydrogens is 240 g/mol. The molecule has 4 nitrogen and oxygen atoms in total. The zero-order chi connectivity index (χ0) is 14.1. The van der Waals surface area contributed by atoms with Crippen molar-refractivity contribution in [3.63, 3.8) is 0 Å². The highest BCUT2D eigenvalue weighted by molar-refractivity contribution is 5.28. The summed E-state index contributed by atoms with van der Waals surface area (Å²) in [6.07, 6.45) is 0. The zero-order valence-electron chi connectivity index (χ0n) is 12.5. The van der Waals surface area contributed by atoms with Crippen molar-refractivity contribution in [1.29, 1.82) is 0 Å². The Labute approximate surface area is 116 Å². The maximum atomic E-state index is 5.24. The maximum absolute atomic E-state index is 5.24. The van der Waals surface area contributed by atoms with E-state index in [4.69, 9.17) is 9.47 Å². The number of nitrogens with one attached hydrogen (secondary N) is 1. The molecule has 1 N–H and O–H groups in total. The largest absolute Gasteiger partial charge is 0.497 e. The van der Waals surface area contributed by atoms with Gasteiger partial charge in [0.25, 0.3) is 0 Å². The average molecular weight is 266 g/mol. The molecule has 0 spiro atoms. The molecule has 0 bridgehead atoms. The first-order valence-electron chi connectivity index (χ1n) is 6.73. The third-order valence-electron chi connectivity index (χ3n) is 2.98. The number of likely N-dealkylation sites (N-methyl/N-ethyl adjacent to an activating group) is 2. The van der Waals surface area contributed by atoms with E-state index in [9.17, 15) is 0 Å². The van der Waals surface area contributed by atoms with Gasteiger partial charge in [-0.3, -0.25) is 0 Å². The van der Waals surface area contributed by atoms with Crippen molar-refractivity contribution < 1.29 is 9.47 Å². The number of nitrogens with zero attached hydrogens (tertiary/aromatic N) is 1. The Balaban J connectivity index is 2.50. The SMILES string of the molecule is CCNC(COC)CN(C)Cc1cccc(OC)c1. The van der Waals surface area contributed by atoms with Gasteiger partial charge in [0.15, 0.2) is 0 Å². The fourth-order valence-corrected chi connectivity index (χ4v) is 2.19. The molecule has 4 heteroatoms. The first-order chi connectivity index (χ1) is 9.19. The normalized spacial score (nSPS) is 12.7.